The topological polar surface area (TPSA) is 61.2 Å². The zero-order valence-corrected chi connectivity index (χ0v) is 10.2. The average molecular weight is 242 g/mol. The molecule has 0 radical (unpaired) electrons. The molecule has 4 heteroatoms. The molecule has 0 bridgehead atoms. The Kier molecular flexibility index (Phi) is 3.42. The fourth-order valence-corrected chi connectivity index (χ4v) is 2.14. The van der Waals surface area contributed by atoms with Gasteiger partial charge in [0.15, 0.2) is 0 Å². The van der Waals surface area contributed by atoms with Crippen LogP contribution in [-0.4, -0.2) is 16.7 Å². The maximum absolute atomic E-state index is 11.8. The van der Waals surface area contributed by atoms with Gasteiger partial charge in [-0.05, 0) is 17.5 Å². The summed E-state index contributed by atoms with van der Waals surface area (Å²) in [6, 6.07) is 9.11. The minimum Gasteiger partial charge on any atom is -0.278 e. The molecule has 1 aliphatic rings. The largest absolute Gasteiger partial charge is 0.278 e. The monoisotopic (exact) mass is 242 g/mol. The van der Waals surface area contributed by atoms with Crippen LogP contribution in [0.5, 0.6) is 0 Å². The molecule has 1 aromatic rings. The highest BCUT2D eigenvalue weighted by atomic mass is 16.2. The molecule has 0 spiro atoms. The van der Waals surface area contributed by atoms with Crippen LogP contribution in [0.4, 0.5) is 0 Å². The SMILES string of the molecule is CC1CC(=O)N(Cc2ccccc2C#N)C(=O)C1. The fourth-order valence-electron chi connectivity index (χ4n) is 2.14. The summed E-state index contributed by atoms with van der Waals surface area (Å²) in [6.45, 7) is 2.10. The molecule has 1 saturated heterocycles. The second kappa shape index (κ2) is 5.01. The maximum Gasteiger partial charge on any atom is 0.229 e. The number of hydrogen-bond acceptors (Lipinski definition) is 3. The number of imide groups is 1. The molecule has 92 valence electrons. The Morgan fingerprint density at radius 2 is 1.89 bits per heavy atom. The van der Waals surface area contributed by atoms with Crippen LogP contribution in [-0.2, 0) is 16.1 Å². The molecule has 0 N–H and O–H groups in total. The number of likely N-dealkylation sites (tertiary alicyclic amines) is 1. The first-order chi connectivity index (χ1) is 8.61. The predicted octanol–water partition coefficient (Wildman–Crippen LogP) is 1.84. The third-order valence-corrected chi connectivity index (χ3v) is 3.11. The predicted molar refractivity (Wildman–Crippen MR) is 65.1 cm³/mol. The van der Waals surface area contributed by atoms with E-state index in [2.05, 4.69) is 6.07 Å². The van der Waals surface area contributed by atoms with Crippen molar-refractivity contribution in [2.45, 2.75) is 26.3 Å². The van der Waals surface area contributed by atoms with Crippen molar-refractivity contribution in [3.05, 3.63) is 35.4 Å². The van der Waals surface area contributed by atoms with Gasteiger partial charge in [0.25, 0.3) is 0 Å². The fraction of sp³-hybridized carbons (Fsp3) is 0.357. The van der Waals surface area contributed by atoms with E-state index in [4.69, 9.17) is 5.26 Å². The van der Waals surface area contributed by atoms with Crippen LogP contribution in [0.2, 0.25) is 0 Å². The van der Waals surface area contributed by atoms with Crippen molar-refractivity contribution in [2.75, 3.05) is 0 Å². The number of nitriles is 1. The summed E-state index contributed by atoms with van der Waals surface area (Å²) in [5.41, 5.74) is 1.23. The molecule has 18 heavy (non-hydrogen) atoms. The first kappa shape index (κ1) is 12.3. The first-order valence-corrected chi connectivity index (χ1v) is 5.93. The van der Waals surface area contributed by atoms with E-state index < -0.39 is 0 Å². The smallest absolute Gasteiger partial charge is 0.229 e. The molecule has 1 fully saturated rings. The Bertz CT molecular complexity index is 513. The summed E-state index contributed by atoms with van der Waals surface area (Å²) < 4.78 is 0. The Balaban J connectivity index is 2.21. The van der Waals surface area contributed by atoms with Gasteiger partial charge in [-0.3, -0.25) is 14.5 Å². The average Bonchev–Trinajstić information content (AvgIpc) is 2.34. The highest BCUT2D eigenvalue weighted by Gasteiger charge is 2.30. The van der Waals surface area contributed by atoms with Gasteiger partial charge in [0, 0.05) is 12.8 Å². The molecule has 0 unspecified atom stereocenters. The van der Waals surface area contributed by atoms with E-state index in [9.17, 15) is 9.59 Å². The van der Waals surface area contributed by atoms with Crippen molar-refractivity contribution in [3.8, 4) is 6.07 Å². The number of nitrogens with zero attached hydrogens (tertiary/aromatic N) is 2. The second-order valence-electron chi connectivity index (χ2n) is 4.66. The summed E-state index contributed by atoms with van der Waals surface area (Å²) >= 11 is 0. The van der Waals surface area contributed by atoms with Gasteiger partial charge in [0.1, 0.15) is 0 Å². The van der Waals surface area contributed by atoms with Crippen molar-refractivity contribution in [1.29, 1.82) is 5.26 Å². The number of piperidine rings is 1. The minimum absolute atomic E-state index is 0.118. The van der Waals surface area contributed by atoms with E-state index >= 15 is 0 Å². The van der Waals surface area contributed by atoms with Gasteiger partial charge >= 0.3 is 0 Å². The highest BCUT2D eigenvalue weighted by Crippen LogP contribution is 2.21. The number of benzene rings is 1. The van der Waals surface area contributed by atoms with Crippen molar-refractivity contribution < 1.29 is 9.59 Å². The summed E-state index contributed by atoms with van der Waals surface area (Å²) in [4.78, 5) is 24.9. The molecule has 0 saturated carbocycles. The van der Waals surface area contributed by atoms with Crippen molar-refractivity contribution in [1.82, 2.24) is 4.90 Å². The third-order valence-electron chi connectivity index (χ3n) is 3.11. The Labute approximate surface area is 106 Å². The van der Waals surface area contributed by atoms with Crippen LogP contribution in [0.3, 0.4) is 0 Å². The number of amides is 2. The molecule has 1 aliphatic heterocycles. The minimum atomic E-state index is -0.147. The molecule has 2 rings (SSSR count). The Hall–Kier alpha value is -2.15. The van der Waals surface area contributed by atoms with Gasteiger partial charge in [-0.25, -0.2) is 0 Å². The lowest BCUT2D eigenvalue weighted by Gasteiger charge is -2.28. The quantitative estimate of drug-likeness (QED) is 0.743. The normalized spacial score (nSPS) is 16.8. The van der Waals surface area contributed by atoms with Crippen LogP contribution >= 0.6 is 0 Å². The van der Waals surface area contributed by atoms with Gasteiger partial charge in [-0.15, -0.1) is 0 Å². The van der Waals surface area contributed by atoms with Gasteiger partial charge in [0.2, 0.25) is 11.8 Å². The van der Waals surface area contributed by atoms with Crippen LogP contribution in [0.25, 0.3) is 0 Å². The number of carbonyl (C=O) groups excluding carboxylic acids is 2. The molecule has 2 amide bonds. The Morgan fingerprint density at radius 1 is 1.28 bits per heavy atom. The second-order valence-corrected chi connectivity index (χ2v) is 4.66. The lowest BCUT2D eigenvalue weighted by molar-refractivity contribution is -0.150. The van der Waals surface area contributed by atoms with Crippen molar-refractivity contribution in [3.63, 3.8) is 0 Å². The lowest BCUT2D eigenvalue weighted by atomic mass is 9.97. The zero-order valence-electron chi connectivity index (χ0n) is 10.2. The van der Waals surface area contributed by atoms with E-state index in [0.29, 0.717) is 18.4 Å². The molecule has 1 aromatic carbocycles. The summed E-state index contributed by atoms with van der Waals surface area (Å²) in [7, 11) is 0. The van der Waals surface area contributed by atoms with Gasteiger partial charge < -0.3 is 0 Å². The van der Waals surface area contributed by atoms with Crippen molar-refractivity contribution >= 4 is 11.8 Å². The summed E-state index contributed by atoms with van der Waals surface area (Å²) in [5.74, 6) is -0.176. The molecule has 0 aliphatic carbocycles. The zero-order chi connectivity index (χ0) is 13.1. The Morgan fingerprint density at radius 3 is 2.50 bits per heavy atom. The molecule has 0 aromatic heterocycles. The number of rotatable bonds is 2. The van der Waals surface area contributed by atoms with E-state index in [1.807, 2.05) is 6.92 Å². The van der Waals surface area contributed by atoms with E-state index in [1.54, 1.807) is 24.3 Å². The van der Waals surface area contributed by atoms with Gasteiger partial charge in [0.05, 0.1) is 18.2 Å². The van der Waals surface area contributed by atoms with Crippen molar-refractivity contribution in [2.24, 2.45) is 5.92 Å². The van der Waals surface area contributed by atoms with E-state index in [-0.39, 0.29) is 24.3 Å². The van der Waals surface area contributed by atoms with E-state index in [0.717, 1.165) is 5.56 Å². The first-order valence-electron chi connectivity index (χ1n) is 5.93. The van der Waals surface area contributed by atoms with Crippen LogP contribution in [0.15, 0.2) is 24.3 Å². The maximum atomic E-state index is 11.8. The molecule has 0 atom stereocenters. The molecule has 1 heterocycles. The third kappa shape index (κ3) is 2.40. The summed E-state index contributed by atoms with van der Waals surface area (Å²) in [6.07, 6.45) is 0.806. The molecular formula is C14H14N2O2. The van der Waals surface area contributed by atoms with Crippen LogP contribution < -0.4 is 0 Å². The standard InChI is InChI=1S/C14H14N2O2/c1-10-6-13(17)16(14(18)7-10)9-12-5-3-2-4-11(12)8-15/h2-5,10H,6-7,9H2,1H3. The van der Waals surface area contributed by atoms with E-state index in [1.165, 1.54) is 4.90 Å². The number of carbonyl (C=O) groups is 2. The lowest BCUT2D eigenvalue weighted by Crippen LogP contribution is -2.42. The molecule has 4 nitrogen and oxygen atoms in total. The number of hydrogen-bond donors (Lipinski definition) is 0. The highest BCUT2D eigenvalue weighted by molar-refractivity contribution is 5.97. The van der Waals surface area contributed by atoms with Crippen LogP contribution in [0, 0.1) is 17.2 Å². The molecular weight excluding hydrogens is 228 g/mol. The summed E-state index contributed by atoms with van der Waals surface area (Å²) in [5, 5.41) is 8.98. The van der Waals surface area contributed by atoms with Crippen LogP contribution in [0.1, 0.15) is 30.9 Å². The van der Waals surface area contributed by atoms with Gasteiger partial charge in [-0.2, -0.15) is 5.26 Å². The van der Waals surface area contributed by atoms with Gasteiger partial charge in [-0.1, -0.05) is 25.1 Å².